The van der Waals surface area contributed by atoms with Crippen LogP contribution < -0.4 is 10.1 Å². The lowest BCUT2D eigenvalue weighted by Gasteiger charge is -2.27. The second-order valence-electron chi connectivity index (χ2n) is 11.0. The van der Waals surface area contributed by atoms with Crippen molar-refractivity contribution in [2.75, 3.05) is 19.0 Å². The van der Waals surface area contributed by atoms with Gasteiger partial charge in [-0.15, -0.1) is 12.8 Å². The lowest BCUT2D eigenvalue weighted by atomic mass is 9.81. The summed E-state index contributed by atoms with van der Waals surface area (Å²) in [5.41, 5.74) is 10.9. The summed E-state index contributed by atoms with van der Waals surface area (Å²) in [6.45, 7) is 20.2. The standard InChI is InChI=1S/C28H30ClNO3.C4H10O.C2H6.C2H2.CH2O/c1-15-13-19(8-10-23(15)29)26-18(4)27(22(14-25(31)32)17(3)28(26)30-5)21-9-11-24-20(16(21)2)7-6-12-33-24;1-4(2,3)5;3*1-2/h8-11,13,30H,6-7,12,14H2,1-5H3,(H,31,32);5H,1-3H3;1-2H3;1-2H;1H2. The third kappa shape index (κ3) is 10.4. The van der Waals surface area contributed by atoms with Gasteiger partial charge in [-0.05, 0) is 130 Å². The Bertz CT molecular complexity index is 1410. The number of ether oxygens (including phenoxy) is 1. The van der Waals surface area contributed by atoms with Gasteiger partial charge in [0.05, 0.1) is 18.6 Å². The Morgan fingerprint density at radius 1 is 1.00 bits per heavy atom. The highest BCUT2D eigenvalue weighted by atomic mass is 35.5. The first-order valence-electron chi connectivity index (χ1n) is 14.7. The van der Waals surface area contributed by atoms with E-state index in [-0.39, 0.29) is 6.42 Å². The first-order valence-corrected chi connectivity index (χ1v) is 15.0. The van der Waals surface area contributed by atoms with E-state index >= 15 is 0 Å². The number of hydrogen-bond donors (Lipinski definition) is 3. The van der Waals surface area contributed by atoms with Crippen molar-refractivity contribution in [2.45, 2.75) is 87.2 Å². The molecule has 0 saturated heterocycles. The van der Waals surface area contributed by atoms with Crippen molar-refractivity contribution in [2.24, 2.45) is 0 Å². The number of aliphatic hydroxyl groups is 1. The molecule has 0 amide bonds. The zero-order chi connectivity index (χ0) is 34.4. The number of carbonyl (C=O) groups excluding carboxylic acids is 1. The first-order chi connectivity index (χ1) is 20.7. The zero-order valence-electron chi connectivity index (χ0n) is 28.1. The number of carboxylic acid groups (broad SMARTS) is 1. The predicted molar refractivity (Wildman–Crippen MR) is 186 cm³/mol. The molecular formula is C37H50ClNO5. The minimum atomic E-state index is -0.838. The number of rotatable bonds is 5. The highest BCUT2D eigenvalue weighted by Crippen LogP contribution is 2.46. The van der Waals surface area contributed by atoms with E-state index in [1.165, 1.54) is 5.56 Å². The fourth-order valence-corrected chi connectivity index (χ4v) is 5.27. The van der Waals surface area contributed by atoms with Gasteiger partial charge in [0.1, 0.15) is 12.5 Å². The van der Waals surface area contributed by atoms with Gasteiger partial charge in [-0.25, -0.2) is 0 Å². The number of nitrogens with one attached hydrogen (secondary N) is 1. The number of benzene rings is 3. The van der Waals surface area contributed by atoms with Crippen LogP contribution in [0.15, 0.2) is 30.3 Å². The summed E-state index contributed by atoms with van der Waals surface area (Å²) < 4.78 is 5.88. The molecule has 3 aromatic carbocycles. The molecule has 44 heavy (non-hydrogen) atoms. The molecule has 240 valence electrons. The van der Waals surface area contributed by atoms with Crippen LogP contribution in [0.3, 0.4) is 0 Å². The topological polar surface area (TPSA) is 95.9 Å². The molecule has 1 heterocycles. The van der Waals surface area contributed by atoms with Gasteiger partial charge in [-0.3, -0.25) is 4.79 Å². The quantitative estimate of drug-likeness (QED) is 0.246. The van der Waals surface area contributed by atoms with E-state index in [4.69, 9.17) is 26.2 Å². The largest absolute Gasteiger partial charge is 0.493 e. The lowest BCUT2D eigenvalue weighted by Crippen LogP contribution is -2.12. The van der Waals surface area contributed by atoms with Crippen molar-refractivity contribution in [3.63, 3.8) is 0 Å². The molecule has 3 N–H and O–H groups in total. The van der Waals surface area contributed by atoms with Crippen molar-refractivity contribution in [1.29, 1.82) is 0 Å². The van der Waals surface area contributed by atoms with Crippen LogP contribution in [-0.2, 0) is 22.4 Å². The third-order valence-electron chi connectivity index (χ3n) is 6.81. The molecule has 0 aliphatic carbocycles. The second kappa shape index (κ2) is 18.8. The fraction of sp³-hybridized carbons (Fsp3) is 0.405. The Morgan fingerprint density at radius 3 is 2.07 bits per heavy atom. The van der Waals surface area contributed by atoms with Crippen LogP contribution in [0.2, 0.25) is 5.02 Å². The van der Waals surface area contributed by atoms with E-state index in [0.717, 1.165) is 86.0 Å². The summed E-state index contributed by atoms with van der Waals surface area (Å²) in [5.74, 6) is 0.104. The van der Waals surface area contributed by atoms with Crippen molar-refractivity contribution in [3.8, 4) is 40.9 Å². The van der Waals surface area contributed by atoms with Crippen LogP contribution in [0.1, 0.15) is 74.4 Å². The molecule has 0 aromatic heterocycles. The Morgan fingerprint density at radius 2 is 1.57 bits per heavy atom. The Labute approximate surface area is 269 Å². The van der Waals surface area contributed by atoms with Gasteiger partial charge < -0.3 is 25.1 Å². The Balaban J connectivity index is 0.00000148. The van der Waals surface area contributed by atoms with Gasteiger partial charge in [0.2, 0.25) is 0 Å². The van der Waals surface area contributed by atoms with E-state index in [9.17, 15) is 9.90 Å². The normalized spacial score (nSPS) is 11.2. The van der Waals surface area contributed by atoms with E-state index < -0.39 is 11.6 Å². The predicted octanol–water partition coefficient (Wildman–Crippen LogP) is 8.77. The molecule has 0 radical (unpaired) electrons. The Hall–Kier alpha value is -3.79. The molecule has 0 bridgehead atoms. The van der Waals surface area contributed by atoms with Gasteiger partial charge in [-0.2, -0.15) is 0 Å². The van der Waals surface area contributed by atoms with Gasteiger partial charge >= 0.3 is 5.97 Å². The van der Waals surface area contributed by atoms with E-state index in [0.29, 0.717) is 0 Å². The first kappa shape index (κ1) is 40.2. The van der Waals surface area contributed by atoms with Crippen LogP contribution in [0, 0.1) is 40.5 Å². The highest BCUT2D eigenvalue weighted by Gasteiger charge is 2.25. The van der Waals surface area contributed by atoms with Crippen molar-refractivity contribution >= 4 is 30.0 Å². The molecule has 4 rings (SSSR count). The molecule has 0 fully saturated rings. The minimum absolute atomic E-state index is 0.0381. The van der Waals surface area contributed by atoms with Crippen LogP contribution in [0.5, 0.6) is 5.75 Å². The van der Waals surface area contributed by atoms with Crippen molar-refractivity contribution < 1.29 is 24.5 Å². The van der Waals surface area contributed by atoms with Gasteiger partial charge in [0.15, 0.2) is 0 Å². The smallest absolute Gasteiger partial charge is 0.307 e. The highest BCUT2D eigenvalue weighted by molar-refractivity contribution is 6.31. The second-order valence-corrected chi connectivity index (χ2v) is 11.4. The number of fused-ring (bicyclic) bond motifs is 1. The van der Waals surface area contributed by atoms with Crippen LogP contribution in [0.25, 0.3) is 22.3 Å². The molecule has 7 heteroatoms. The molecule has 0 spiro atoms. The lowest BCUT2D eigenvalue weighted by molar-refractivity contribution is -0.136. The number of hydrogen-bond acceptors (Lipinski definition) is 5. The molecule has 1 aliphatic heterocycles. The molecule has 1 aliphatic rings. The van der Waals surface area contributed by atoms with Gasteiger partial charge in [0, 0.05) is 23.3 Å². The number of carboxylic acids is 1. The molecule has 3 aromatic rings. The molecule has 6 nitrogen and oxygen atoms in total. The fourth-order valence-electron chi connectivity index (χ4n) is 5.15. The number of terminal acetylenes is 1. The average molecular weight is 624 g/mol. The maximum absolute atomic E-state index is 11.9. The zero-order valence-corrected chi connectivity index (χ0v) is 28.8. The number of carbonyl (C=O) groups is 2. The summed E-state index contributed by atoms with van der Waals surface area (Å²) in [4.78, 5) is 19.9. The monoisotopic (exact) mass is 623 g/mol. The van der Waals surface area contributed by atoms with Crippen LogP contribution in [-0.4, -0.2) is 42.2 Å². The number of aliphatic carboxylic acids is 1. The van der Waals surface area contributed by atoms with E-state index in [1.807, 2.05) is 59.7 Å². The summed E-state index contributed by atoms with van der Waals surface area (Å²) in [6, 6.07) is 10.2. The average Bonchev–Trinajstić information content (AvgIpc) is 2.99. The van der Waals surface area contributed by atoms with Gasteiger partial charge in [0.25, 0.3) is 0 Å². The maximum atomic E-state index is 11.9. The molecule has 0 saturated carbocycles. The van der Waals surface area contributed by atoms with Crippen LogP contribution in [0.4, 0.5) is 5.69 Å². The summed E-state index contributed by atoms with van der Waals surface area (Å²) in [5, 5.41) is 22.4. The van der Waals surface area contributed by atoms with Crippen molar-refractivity contribution in [1.82, 2.24) is 0 Å². The molecule has 0 unspecified atom stereocenters. The van der Waals surface area contributed by atoms with Crippen LogP contribution >= 0.6 is 11.6 Å². The third-order valence-corrected chi connectivity index (χ3v) is 7.23. The number of aryl methyl sites for hydroxylation is 1. The molecule has 0 atom stereocenters. The van der Waals surface area contributed by atoms with E-state index in [2.05, 4.69) is 44.1 Å². The SMILES string of the molecule is C#C.C=O.CC.CC(C)(C)O.CNc1c(C)c(CC(=O)O)c(-c2ccc3c(c2C)CCCO3)c(C)c1-c1ccc(Cl)c(C)c1. The Kier molecular flexibility index (Phi) is 17.2. The van der Waals surface area contributed by atoms with Crippen molar-refractivity contribution in [3.05, 3.63) is 68.7 Å². The van der Waals surface area contributed by atoms with E-state index in [1.54, 1.807) is 20.8 Å². The molecular weight excluding hydrogens is 574 g/mol. The maximum Gasteiger partial charge on any atom is 0.307 e. The summed E-state index contributed by atoms with van der Waals surface area (Å²) in [6.07, 6.45) is 9.92. The minimum Gasteiger partial charge on any atom is -0.493 e. The number of anilines is 1. The van der Waals surface area contributed by atoms with Gasteiger partial charge in [-0.1, -0.05) is 37.6 Å². The summed E-state index contributed by atoms with van der Waals surface area (Å²) >= 11 is 6.32. The summed E-state index contributed by atoms with van der Waals surface area (Å²) in [7, 11) is 1.89. The number of halogens is 1.